The Morgan fingerprint density at radius 1 is 0.960 bits per heavy atom. The van der Waals surface area contributed by atoms with Crippen LogP contribution in [0.4, 0.5) is 8.78 Å². The monoisotopic (exact) mass is 336 g/mol. The van der Waals surface area contributed by atoms with Crippen LogP contribution in [0, 0.1) is 11.6 Å². The fraction of sp³-hybridized carbons (Fsp3) is 0.238. The lowest BCUT2D eigenvalue weighted by Gasteiger charge is -2.22. The first kappa shape index (κ1) is 14.8. The minimum absolute atomic E-state index is 0.271. The van der Waals surface area contributed by atoms with Gasteiger partial charge in [0.15, 0.2) is 0 Å². The summed E-state index contributed by atoms with van der Waals surface area (Å²) in [5.41, 5.74) is 4.76. The second-order valence-electron chi connectivity index (χ2n) is 7.02. The summed E-state index contributed by atoms with van der Waals surface area (Å²) in [6.45, 7) is 0. The fourth-order valence-corrected chi connectivity index (χ4v) is 4.27. The Labute approximate surface area is 144 Å². The highest BCUT2D eigenvalue weighted by Crippen LogP contribution is 2.41. The van der Waals surface area contributed by atoms with Crippen LogP contribution < -0.4 is 5.32 Å². The van der Waals surface area contributed by atoms with Crippen molar-refractivity contribution in [3.05, 3.63) is 65.7 Å². The van der Waals surface area contributed by atoms with Gasteiger partial charge in [-0.15, -0.1) is 0 Å². The molecule has 5 rings (SSSR count). The average Bonchev–Trinajstić information content (AvgIpc) is 3.14. The number of hydrogen-bond donors (Lipinski definition) is 2. The van der Waals surface area contributed by atoms with Crippen molar-refractivity contribution < 1.29 is 8.78 Å². The van der Waals surface area contributed by atoms with Gasteiger partial charge in [-0.1, -0.05) is 18.2 Å². The second kappa shape index (κ2) is 5.53. The molecule has 2 bridgehead atoms. The van der Waals surface area contributed by atoms with Gasteiger partial charge in [0.2, 0.25) is 0 Å². The van der Waals surface area contributed by atoms with Gasteiger partial charge in [-0.2, -0.15) is 0 Å². The van der Waals surface area contributed by atoms with E-state index in [2.05, 4.69) is 16.4 Å². The highest BCUT2D eigenvalue weighted by Gasteiger charge is 2.30. The van der Waals surface area contributed by atoms with Crippen LogP contribution >= 0.6 is 0 Å². The molecule has 0 spiro atoms. The van der Waals surface area contributed by atoms with Crippen molar-refractivity contribution in [2.45, 2.75) is 31.3 Å². The van der Waals surface area contributed by atoms with Crippen LogP contribution in [-0.2, 0) is 0 Å². The third kappa shape index (κ3) is 2.48. The molecule has 4 heteroatoms. The molecule has 2 aromatic carbocycles. The van der Waals surface area contributed by atoms with Gasteiger partial charge < -0.3 is 10.3 Å². The standard InChI is InChI=1S/C21H18F2N2/c22-14-3-1-2-12(8-14)21-20(13-9-16-5-6-17(10-13)24-16)18-7-4-15(23)11-19(18)25-21/h1-4,7-9,11,16-17,24-25H,5-6,10H2. The fourth-order valence-electron chi connectivity index (χ4n) is 4.27. The molecule has 2 aliphatic heterocycles. The van der Waals surface area contributed by atoms with Crippen molar-refractivity contribution in [2.75, 3.05) is 0 Å². The summed E-state index contributed by atoms with van der Waals surface area (Å²) in [6, 6.07) is 12.3. The van der Waals surface area contributed by atoms with Crippen LogP contribution in [0.5, 0.6) is 0 Å². The number of rotatable bonds is 2. The van der Waals surface area contributed by atoms with Crippen LogP contribution in [0.15, 0.2) is 48.5 Å². The Kier molecular flexibility index (Phi) is 3.28. The summed E-state index contributed by atoms with van der Waals surface area (Å²) in [5, 5.41) is 4.59. The molecule has 3 aromatic rings. The van der Waals surface area contributed by atoms with Gasteiger partial charge in [0, 0.05) is 34.1 Å². The summed E-state index contributed by atoms with van der Waals surface area (Å²) in [7, 11) is 0. The average molecular weight is 336 g/mol. The predicted octanol–water partition coefficient (Wildman–Crippen LogP) is 5.02. The Balaban J connectivity index is 1.76. The molecule has 1 saturated heterocycles. The lowest BCUT2D eigenvalue weighted by Crippen LogP contribution is -2.31. The van der Waals surface area contributed by atoms with E-state index in [0.29, 0.717) is 12.1 Å². The van der Waals surface area contributed by atoms with Crippen LogP contribution in [0.2, 0.25) is 0 Å². The van der Waals surface area contributed by atoms with Crippen LogP contribution in [0.25, 0.3) is 27.7 Å². The maximum absolute atomic E-state index is 13.8. The van der Waals surface area contributed by atoms with Crippen LogP contribution in [0.1, 0.15) is 24.8 Å². The molecule has 2 N–H and O–H groups in total. The molecule has 0 radical (unpaired) electrons. The Morgan fingerprint density at radius 3 is 2.68 bits per heavy atom. The maximum atomic E-state index is 13.8. The van der Waals surface area contributed by atoms with Crippen molar-refractivity contribution in [1.29, 1.82) is 0 Å². The van der Waals surface area contributed by atoms with Gasteiger partial charge in [-0.3, -0.25) is 0 Å². The summed E-state index contributed by atoms with van der Waals surface area (Å²) in [5.74, 6) is -0.543. The van der Waals surface area contributed by atoms with E-state index in [4.69, 9.17) is 0 Å². The number of H-pyrrole nitrogens is 1. The normalized spacial score (nSPS) is 22.4. The van der Waals surface area contributed by atoms with Gasteiger partial charge >= 0.3 is 0 Å². The lowest BCUT2D eigenvalue weighted by molar-refractivity contribution is 0.575. The number of halogens is 2. The number of hydrogen-bond acceptors (Lipinski definition) is 1. The Bertz CT molecular complexity index is 1000. The molecule has 0 amide bonds. The zero-order chi connectivity index (χ0) is 17.0. The highest BCUT2D eigenvalue weighted by molar-refractivity contribution is 6.00. The summed E-state index contributed by atoms with van der Waals surface area (Å²) in [4.78, 5) is 3.33. The van der Waals surface area contributed by atoms with Crippen molar-refractivity contribution in [1.82, 2.24) is 10.3 Å². The molecule has 2 nitrogen and oxygen atoms in total. The number of benzene rings is 2. The second-order valence-corrected chi connectivity index (χ2v) is 7.02. The van der Waals surface area contributed by atoms with Crippen molar-refractivity contribution in [3.63, 3.8) is 0 Å². The minimum Gasteiger partial charge on any atom is -0.354 e. The number of aromatic amines is 1. The molecule has 3 heterocycles. The molecular formula is C21H18F2N2. The molecule has 2 atom stereocenters. The van der Waals surface area contributed by atoms with Crippen molar-refractivity contribution in [2.24, 2.45) is 0 Å². The van der Waals surface area contributed by atoms with E-state index < -0.39 is 0 Å². The highest BCUT2D eigenvalue weighted by atomic mass is 19.1. The van der Waals surface area contributed by atoms with E-state index in [1.807, 2.05) is 12.1 Å². The van der Waals surface area contributed by atoms with Crippen molar-refractivity contribution in [3.8, 4) is 11.3 Å². The van der Waals surface area contributed by atoms with E-state index in [1.165, 1.54) is 36.3 Å². The van der Waals surface area contributed by atoms with E-state index in [9.17, 15) is 8.78 Å². The van der Waals surface area contributed by atoms with E-state index in [0.717, 1.165) is 40.6 Å². The van der Waals surface area contributed by atoms with E-state index >= 15 is 0 Å². The molecule has 126 valence electrons. The smallest absolute Gasteiger partial charge is 0.125 e. The molecular weight excluding hydrogens is 318 g/mol. The SMILES string of the molecule is Fc1cccc(-c2[nH]c3cc(F)ccc3c2C2=CC3CCC(C2)N3)c1. The molecule has 0 saturated carbocycles. The molecule has 1 fully saturated rings. The van der Waals surface area contributed by atoms with E-state index in [1.54, 1.807) is 6.07 Å². The van der Waals surface area contributed by atoms with Gasteiger partial charge in [0.05, 0.1) is 5.69 Å². The first-order chi connectivity index (χ1) is 12.2. The van der Waals surface area contributed by atoms with Gasteiger partial charge in [0.25, 0.3) is 0 Å². The number of aromatic nitrogens is 1. The first-order valence-corrected chi connectivity index (χ1v) is 8.72. The van der Waals surface area contributed by atoms with Gasteiger partial charge in [0.1, 0.15) is 11.6 Å². The molecule has 25 heavy (non-hydrogen) atoms. The lowest BCUT2D eigenvalue weighted by atomic mass is 9.92. The van der Waals surface area contributed by atoms with Gasteiger partial charge in [-0.25, -0.2) is 8.78 Å². The molecule has 0 aliphatic carbocycles. The Hall–Kier alpha value is -2.46. The predicted molar refractivity (Wildman–Crippen MR) is 96.2 cm³/mol. The topological polar surface area (TPSA) is 27.8 Å². The van der Waals surface area contributed by atoms with Gasteiger partial charge in [-0.05, 0) is 55.2 Å². The van der Waals surface area contributed by atoms with Crippen LogP contribution in [0.3, 0.4) is 0 Å². The summed E-state index contributed by atoms with van der Waals surface area (Å²) < 4.78 is 27.5. The van der Waals surface area contributed by atoms with Crippen LogP contribution in [-0.4, -0.2) is 17.1 Å². The molecule has 2 unspecified atom stereocenters. The summed E-state index contributed by atoms with van der Waals surface area (Å²) >= 11 is 0. The quantitative estimate of drug-likeness (QED) is 0.675. The zero-order valence-electron chi connectivity index (χ0n) is 13.7. The number of fused-ring (bicyclic) bond motifs is 3. The summed E-state index contributed by atoms with van der Waals surface area (Å²) in [6.07, 6.45) is 5.57. The maximum Gasteiger partial charge on any atom is 0.125 e. The van der Waals surface area contributed by atoms with Crippen molar-refractivity contribution >= 4 is 16.5 Å². The number of nitrogens with one attached hydrogen (secondary N) is 2. The third-order valence-electron chi connectivity index (χ3n) is 5.34. The first-order valence-electron chi connectivity index (χ1n) is 8.72. The molecule has 2 aliphatic rings. The molecule has 1 aromatic heterocycles. The van der Waals surface area contributed by atoms with E-state index in [-0.39, 0.29) is 11.6 Å². The Morgan fingerprint density at radius 2 is 1.84 bits per heavy atom. The zero-order valence-corrected chi connectivity index (χ0v) is 13.7. The largest absolute Gasteiger partial charge is 0.354 e. The minimum atomic E-state index is -0.273. The third-order valence-corrected chi connectivity index (χ3v) is 5.34.